The molecule has 7 nitrogen and oxygen atoms in total. The van der Waals surface area contributed by atoms with Crippen LogP contribution < -0.4 is 0 Å². The third-order valence-corrected chi connectivity index (χ3v) is 4.46. The molecule has 2 saturated heterocycles. The molecule has 0 aromatic carbocycles. The number of nitrogens with zero attached hydrogens (tertiary/aromatic N) is 2. The number of rotatable bonds is 3. The number of thioether (sulfide) groups is 1. The maximum absolute atomic E-state index is 11.7. The van der Waals surface area contributed by atoms with Gasteiger partial charge in [0.15, 0.2) is 0 Å². The smallest absolute Gasteiger partial charge is 0.328 e. The minimum Gasteiger partial charge on any atom is -0.328 e. The average molecular weight is 280 g/mol. The van der Waals surface area contributed by atoms with Crippen molar-refractivity contribution < 1.29 is 22.6 Å². The Bertz CT molecular complexity index is 463. The van der Waals surface area contributed by atoms with Gasteiger partial charge in [-0.05, 0) is 12.7 Å². The highest BCUT2D eigenvalue weighted by molar-refractivity contribution is 7.99. The Kier molecular flexibility index (Phi) is 3.08. The van der Waals surface area contributed by atoms with Gasteiger partial charge in [-0.2, -0.15) is 20.2 Å². The molecule has 2 amide bonds. The molecule has 0 aliphatic carbocycles. The van der Waals surface area contributed by atoms with Crippen LogP contribution in [-0.2, 0) is 19.9 Å². The van der Waals surface area contributed by atoms with Crippen molar-refractivity contribution in [2.24, 2.45) is 0 Å². The first kappa shape index (κ1) is 12.7. The predicted octanol–water partition coefficient (Wildman–Crippen LogP) is -1.04. The van der Waals surface area contributed by atoms with Crippen molar-refractivity contribution in [2.45, 2.75) is 18.5 Å². The molecule has 96 valence electrons. The highest BCUT2D eigenvalue weighted by atomic mass is 32.2. The molecule has 9 heteroatoms. The number of carbonyl (C=O) groups excluding carboxylic acids is 2. The highest BCUT2D eigenvalue weighted by Gasteiger charge is 2.59. The normalized spacial score (nSPS) is 28.0. The van der Waals surface area contributed by atoms with Crippen LogP contribution in [0.25, 0.3) is 0 Å². The van der Waals surface area contributed by atoms with Gasteiger partial charge in [-0.15, -0.1) is 0 Å². The summed E-state index contributed by atoms with van der Waals surface area (Å²) in [6, 6.07) is -1.31. The van der Waals surface area contributed by atoms with Crippen molar-refractivity contribution in [3.8, 4) is 0 Å². The lowest BCUT2D eigenvalue weighted by atomic mass is 10.0. The lowest BCUT2D eigenvalue weighted by Gasteiger charge is -2.42. The van der Waals surface area contributed by atoms with Crippen LogP contribution >= 0.6 is 11.8 Å². The molecule has 0 aromatic heterocycles. The van der Waals surface area contributed by atoms with Crippen molar-refractivity contribution in [1.29, 1.82) is 0 Å². The summed E-state index contributed by atoms with van der Waals surface area (Å²) in [6.45, 7) is 0.354. The van der Waals surface area contributed by atoms with Gasteiger partial charge < -0.3 is 4.90 Å². The summed E-state index contributed by atoms with van der Waals surface area (Å²) in [7, 11) is -4.49. The number of β-lactam (4-membered cyclic amide) rings is 1. The van der Waals surface area contributed by atoms with Crippen LogP contribution in [0.15, 0.2) is 0 Å². The zero-order valence-electron chi connectivity index (χ0n) is 9.07. The lowest BCUT2D eigenvalue weighted by Crippen LogP contribution is -2.68. The second-order valence-corrected chi connectivity index (χ2v) is 6.09. The van der Waals surface area contributed by atoms with Gasteiger partial charge in [0.25, 0.3) is 5.91 Å². The summed E-state index contributed by atoms with van der Waals surface area (Å²) in [4.78, 5) is 24.6. The Balaban J connectivity index is 2.13. The Morgan fingerprint density at radius 1 is 1.59 bits per heavy atom. The van der Waals surface area contributed by atoms with Crippen LogP contribution in [0.5, 0.6) is 0 Å². The van der Waals surface area contributed by atoms with Crippen LogP contribution in [0, 0.1) is 0 Å². The quantitative estimate of drug-likeness (QED) is 0.524. The van der Waals surface area contributed by atoms with Crippen LogP contribution in [-0.4, -0.2) is 64.6 Å². The number of likely N-dealkylation sites (tertiary alicyclic amines) is 1. The van der Waals surface area contributed by atoms with Gasteiger partial charge in [0, 0.05) is 6.54 Å². The lowest BCUT2D eigenvalue weighted by molar-refractivity contribution is -0.150. The van der Waals surface area contributed by atoms with Crippen molar-refractivity contribution in [2.75, 3.05) is 18.6 Å². The van der Waals surface area contributed by atoms with Gasteiger partial charge in [-0.1, -0.05) is 0 Å². The first-order chi connectivity index (χ1) is 7.88. The van der Waals surface area contributed by atoms with Crippen molar-refractivity contribution in [3.63, 3.8) is 0 Å². The zero-order valence-corrected chi connectivity index (χ0v) is 10.7. The zero-order chi connectivity index (χ0) is 12.8. The van der Waals surface area contributed by atoms with Crippen molar-refractivity contribution in [1.82, 2.24) is 9.21 Å². The number of hydrogen-bond acceptors (Lipinski definition) is 5. The summed E-state index contributed by atoms with van der Waals surface area (Å²) in [5, 5.41) is 0. The molecule has 2 aliphatic heterocycles. The van der Waals surface area contributed by atoms with Gasteiger partial charge in [-0.25, -0.2) is 4.31 Å². The standard InChI is InChI=1S/C8H12N2O5S2/c1-16-4-6(11)9-3-2-5-7(9)8(12)10(5)17(13,14)15/h5,7H,2-4H2,1H3,(H,13,14,15)/t5-,7+/m1/s1. The molecule has 0 unspecified atom stereocenters. The van der Waals surface area contributed by atoms with E-state index < -0.39 is 28.3 Å². The Morgan fingerprint density at radius 3 is 2.76 bits per heavy atom. The van der Waals surface area contributed by atoms with E-state index in [0.29, 0.717) is 17.3 Å². The molecule has 0 bridgehead atoms. The number of carbonyl (C=O) groups is 2. The summed E-state index contributed by atoms with van der Waals surface area (Å²) in [5.74, 6) is -0.625. The van der Waals surface area contributed by atoms with Gasteiger partial charge in [0.1, 0.15) is 6.04 Å². The first-order valence-corrected chi connectivity index (χ1v) is 7.76. The third kappa shape index (κ3) is 1.91. The average Bonchev–Trinajstić information content (AvgIpc) is 2.54. The van der Waals surface area contributed by atoms with E-state index in [2.05, 4.69) is 0 Å². The summed E-state index contributed by atoms with van der Waals surface area (Å²) in [5.41, 5.74) is 0. The largest absolute Gasteiger partial charge is 0.362 e. The van der Waals surface area contributed by atoms with Crippen LogP contribution in [0.1, 0.15) is 6.42 Å². The van der Waals surface area contributed by atoms with E-state index in [1.54, 1.807) is 6.26 Å². The van der Waals surface area contributed by atoms with Crippen LogP contribution in [0.3, 0.4) is 0 Å². The molecular weight excluding hydrogens is 268 g/mol. The molecule has 2 rings (SSSR count). The molecule has 2 fully saturated rings. The van der Waals surface area contributed by atoms with E-state index in [1.165, 1.54) is 16.7 Å². The summed E-state index contributed by atoms with van der Waals surface area (Å²) >= 11 is 1.35. The molecule has 17 heavy (non-hydrogen) atoms. The van der Waals surface area contributed by atoms with Crippen molar-refractivity contribution in [3.05, 3.63) is 0 Å². The molecule has 2 aliphatic rings. The minimum atomic E-state index is -4.49. The second kappa shape index (κ2) is 4.14. The first-order valence-electron chi connectivity index (χ1n) is 4.97. The SMILES string of the molecule is CSCC(=O)N1CC[C@@H]2[C@H]1C(=O)N2S(=O)(=O)O. The minimum absolute atomic E-state index is 0.173. The fraction of sp³-hybridized carbons (Fsp3) is 0.750. The van der Waals surface area contributed by atoms with Gasteiger partial charge in [0.05, 0.1) is 11.8 Å². The number of hydrogen-bond donors (Lipinski definition) is 1. The number of amides is 2. The highest BCUT2D eigenvalue weighted by Crippen LogP contribution is 2.35. The molecular formula is C8H12N2O5S2. The molecule has 0 aromatic rings. The topological polar surface area (TPSA) is 95.0 Å². The maximum atomic E-state index is 11.7. The summed E-state index contributed by atoms with van der Waals surface area (Å²) in [6.07, 6.45) is 2.16. The molecule has 0 radical (unpaired) electrons. The van der Waals surface area contributed by atoms with Gasteiger partial charge >= 0.3 is 10.3 Å². The monoisotopic (exact) mass is 280 g/mol. The van der Waals surface area contributed by atoms with E-state index in [1.807, 2.05) is 0 Å². The van der Waals surface area contributed by atoms with E-state index in [-0.39, 0.29) is 11.7 Å². The maximum Gasteiger partial charge on any atom is 0.362 e. The predicted molar refractivity (Wildman–Crippen MR) is 60.7 cm³/mol. The Labute approximate surface area is 103 Å². The fourth-order valence-corrected chi connectivity index (χ4v) is 3.61. The molecule has 2 atom stereocenters. The number of fused-ring (bicyclic) bond motifs is 1. The van der Waals surface area contributed by atoms with E-state index >= 15 is 0 Å². The Morgan fingerprint density at radius 2 is 2.24 bits per heavy atom. The van der Waals surface area contributed by atoms with Gasteiger partial charge in [0.2, 0.25) is 5.91 Å². The van der Waals surface area contributed by atoms with Crippen LogP contribution in [0.2, 0.25) is 0 Å². The van der Waals surface area contributed by atoms with Gasteiger partial charge in [-0.3, -0.25) is 14.1 Å². The van der Waals surface area contributed by atoms with E-state index in [4.69, 9.17) is 4.55 Å². The third-order valence-electron chi connectivity index (χ3n) is 2.97. The van der Waals surface area contributed by atoms with E-state index in [0.717, 1.165) is 0 Å². The van der Waals surface area contributed by atoms with E-state index in [9.17, 15) is 18.0 Å². The Hall–Kier alpha value is -0.800. The second-order valence-electron chi connectivity index (χ2n) is 3.93. The fourth-order valence-electron chi connectivity index (χ4n) is 2.30. The molecule has 2 heterocycles. The van der Waals surface area contributed by atoms with Crippen LogP contribution in [0.4, 0.5) is 0 Å². The molecule has 0 spiro atoms. The summed E-state index contributed by atoms with van der Waals surface area (Å²) < 4.78 is 31.2. The van der Waals surface area contributed by atoms with Crippen molar-refractivity contribution >= 4 is 33.9 Å². The molecule has 0 saturated carbocycles. The molecule has 1 N–H and O–H groups in total.